The van der Waals surface area contributed by atoms with Crippen LogP contribution >= 0.6 is 23.4 Å². The number of rotatable bonds is 8. The highest BCUT2D eigenvalue weighted by atomic mass is 35.5. The van der Waals surface area contributed by atoms with E-state index < -0.39 is 11.9 Å². The third kappa shape index (κ3) is 5.31. The third-order valence-electron chi connectivity index (χ3n) is 3.83. The Balaban J connectivity index is 2.16. The summed E-state index contributed by atoms with van der Waals surface area (Å²) in [5.41, 5.74) is 1.09. The van der Waals surface area contributed by atoms with Gasteiger partial charge in [0.25, 0.3) is 0 Å². The van der Waals surface area contributed by atoms with Crippen LogP contribution in [0.25, 0.3) is 0 Å². The molecule has 6 nitrogen and oxygen atoms in total. The van der Waals surface area contributed by atoms with Gasteiger partial charge in [-0.1, -0.05) is 43.3 Å². The molecule has 0 fully saturated rings. The summed E-state index contributed by atoms with van der Waals surface area (Å²) < 4.78 is 10.0. The second kappa shape index (κ2) is 10.2. The molecule has 0 aromatic heterocycles. The summed E-state index contributed by atoms with van der Waals surface area (Å²) >= 11 is 7.40. The number of anilines is 1. The van der Waals surface area contributed by atoms with E-state index in [2.05, 4.69) is 13.5 Å². The van der Waals surface area contributed by atoms with Crippen molar-refractivity contribution in [2.45, 2.75) is 31.6 Å². The lowest BCUT2D eigenvalue weighted by Gasteiger charge is -2.21. The van der Waals surface area contributed by atoms with Crippen molar-refractivity contribution in [2.24, 2.45) is 0 Å². The minimum absolute atomic E-state index is 0.0837. The largest absolute Gasteiger partial charge is 0.459 e. The fourth-order valence-electron chi connectivity index (χ4n) is 2.43. The molecule has 0 saturated heterocycles. The highest BCUT2D eigenvalue weighted by molar-refractivity contribution is 8.03. The van der Waals surface area contributed by atoms with Crippen molar-refractivity contribution < 1.29 is 19.1 Å². The molecule has 1 heterocycles. The summed E-state index contributed by atoms with van der Waals surface area (Å²) in [4.78, 5) is 26.6. The Kier molecular flexibility index (Phi) is 7.97. The van der Waals surface area contributed by atoms with Crippen LogP contribution in [0.15, 0.2) is 45.8 Å². The number of benzene rings is 1. The zero-order chi connectivity index (χ0) is 20.7. The van der Waals surface area contributed by atoms with Gasteiger partial charge in [0.05, 0.1) is 5.69 Å². The second-order valence-electron chi connectivity index (χ2n) is 6.06. The molecule has 1 aromatic carbocycles. The van der Waals surface area contributed by atoms with Crippen LogP contribution in [-0.4, -0.2) is 31.7 Å². The lowest BCUT2D eigenvalue weighted by atomic mass is 10.2. The molecule has 0 saturated carbocycles. The van der Waals surface area contributed by atoms with Gasteiger partial charge in [0, 0.05) is 22.0 Å². The monoisotopic (exact) mass is 420 g/mol. The SMILES string of the molecule is C=C(C)C(=O)OCCOC(=O)C(C#N)=C1Sc2cc(Cl)ccc2N1CCCC. The van der Waals surface area contributed by atoms with Crippen LogP contribution in [0.2, 0.25) is 5.02 Å². The van der Waals surface area contributed by atoms with E-state index in [4.69, 9.17) is 21.1 Å². The quantitative estimate of drug-likeness (QED) is 0.266. The van der Waals surface area contributed by atoms with Crippen molar-refractivity contribution in [1.29, 1.82) is 5.26 Å². The van der Waals surface area contributed by atoms with Gasteiger partial charge in [0.15, 0.2) is 5.57 Å². The number of halogens is 1. The summed E-state index contributed by atoms with van der Waals surface area (Å²) in [7, 11) is 0. The second-order valence-corrected chi connectivity index (χ2v) is 7.53. The Morgan fingerprint density at radius 2 is 1.96 bits per heavy atom. The van der Waals surface area contributed by atoms with Crippen molar-refractivity contribution in [3.8, 4) is 6.07 Å². The zero-order valence-corrected chi connectivity index (χ0v) is 17.4. The molecule has 0 atom stereocenters. The molecule has 2 rings (SSSR count). The van der Waals surface area contributed by atoms with Crippen LogP contribution < -0.4 is 4.90 Å². The fraction of sp³-hybridized carbons (Fsp3) is 0.350. The summed E-state index contributed by atoms with van der Waals surface area (Å²) in [6, 6.07) is 7.43. The fourth-order valence-corrected chi connectivity index (χ4v) is 3.88. The van der Waals surface area contributed by atoms with Gasteiger partial charge in [-0.2, -0.15) is 5.26 Å². The summed E-state index contributed by atoms with van der Waals surface area (Å²) in [5, 5.41) is 10.7. The molecule has 0 bridgehead atoms. The number of nitrogens with zero attached hydrogens (tertiary/aromatic N) is 2. The van der Waals surface area contributed by atoms with Crippen LogP contribution in [0.5, 0.6) is 0 Å². The summed E-state index contributed by atoms with van der Waals surface area (Å²) in [6.07, 6.45) is 1.87. The Bertz CT molecular complexity index is 860. The number of carbonyl (C=O) groups excluding carboxylic acids is 2. The molecule has 28 heavy (non-hydrogen) atoms. The highest BCUT2D eigenvalue weighted by Crippen LogP contribution is 2.48. The lowest BCUT2D eigenvalue weighted by Crippen LogP contribution is -2.23. The molecule has 8 heteroatoms. The molecular formula is C20H21ClN2O4S. The van der Waals surface area contributed by atoms with E-state index in [0.29, 0.717) is 16.6 Å². The number of carbonyl (C=O) groups is 2. The Labute approximate surface area is 173 Å². The van der Waals surface area contributed by atoms with Crippen molar-refractivity contribution in [1.82, 2.24) is 0 Å². The summed E-state index contributed by atoms with van der Waals surface area (Å²) in [6.45, 7) is 7.49. The number of nitriles is 1. The van der Waals surface area contributed by atoms with E-state index in [-0.39, 0.29) is 24.4 Å². The van der Waals surface area contributed by atoms with Crippen LogP contribution in [0.1, 0.15) is 26.7 Å². The molecule has 0 amide bonds. The van der Waals surface area contributed by atoms with Crippen LogP contribution in [0, 0.1) is 11.3 Å². The highest BCUT2D eigenvalue weighted by Gasteiger charge is 2.31. The van der Waals surface area contributed by atoms with Crippen molar-refractivity contribution >= 4 is 41.0 Å². The maximum atomic E-state index is 12.5. The molecule has 1 aromatic rings. The average Bonchev–Trinajstić information content (AvgIpc) is 3.00. The van der Waals surface area contributed by atoms with E-state index in [1.54, 1.807) is 6.07 Å². The molecule has 1 aliphatic rings. The number of esters is 2. The van der Waals surface area contributed by atoms with Crippen LogP contribution in [0.3, 0.4) is 0 Å². The van der Waals surface area contributed by atoms with Gasteiger partial charge in [-0.3, -0.25) is 0 Å². The van der Waals surface area contributed by atoms with Crippen LogP contribution in [0.4, 0.5) is 5.69 Å². The van der Waals surface area contributed by atoms with E-state index in [0.717, 1.165) is 23.4 Å². The molecule has 1 aliphatic heterocycles. The number of hydrogen-bond donors (Lipinski definition) is 0. The number of hydrogen-bond acceptors (Lipinski definition) is 7. The predicted molar refractivity (Wildman–Crippen MR) is 109 cm³/mol. The van der Waals surface area contributed by atoms with E-state index in [1.165, 1.54) is 18.7 Å². The van der Waals surface area contributed by atoms with Crippen molar-refractivity contribution in [3.63, 3.8) is 0 Å². The van der Waals surface area contributed by atoms with Crippen molar-refractivity contribution in [3.05, 3.63) is 46.0 Å². The molecule has 0 unspecified atom stereocenters. The van der Waals surface area contributed by atoms with E-state index in [9.17, 15) is 14.9 Å². The molecule has 0 spiro atoms. The maximum absolute atomic E-state index is 12.5. The molecular weight excluding hydrogens is 400 g/mol. The molecule has 148 valence electrons. The van der Waals surface area contributed by atoms with Crippen LogP contribution in [-0.2, 0) is 19.1 Å². The number of ether oxygens (including phenoxy) is 2. The predicted octanol–water partition coefficient (Wildman–Crippen LogP) is 4.45. The first-order valence-corrected chi connectivity index (χ1v) is 9.97. The average molecular weight is 421 g/mol. The Hall–Kier alpha value is -2.43. The summed E-state index contributed by atoms with van der Waals surface area (Å²) in [5.74, 6) is -1.31. The standard InChI is InChI=1S/C20H21ClN2O4S/c1-4-5-8-23-16-7-6-14(21)11-17(16)28-18(23)15(12-22)20(25)27-10-9-26-19(24)13(2)3/h6-7,11H,2,4-5,8-10H2,1,3H3. The van der Waals surface area contributed by atoms with Gasteiger partial charge in [-0.25, -0.2) is 9.59 Å². The Morgan fingerprint density at radius 1 is 1.29 bits per heavy atom. The lowest BCUT2D eigenvalue weighted by molar-refractivity contribution is -0.147. The third-order valence-corrected chi connectivity index (χ3v) is 5.23. The minimum Gasteiger partial charge on any atom is -0.459 e. The molecule has 0 radical (unpaired) electrons. The smallest absolute Gasteiger partial charge is 0.351 e. The van der Waals surface area contributed by atoms with E-state index in [1.807, 2.05) is 23.1 Å². The molecule has 0 N–H and O–H groups in total. The van der Waals surface area contributed by atoms with Gasteiger partial charge in [0.1, 0.15) is 24.3 Å². The zero-order valence-electron chi connectivity index (χ0n) is 15.8. The van der Waals surface area contributed by atoms with Gasteiger partial charge >= 0.3 is 11.9 Å². The van der Waals surface area contributed by atoms with Gasteiger partial charge in [-0.15, -0.1) is 0 Å². The minimum atomic E-state index is -0.753. The van der Waals surface area contributed by atoms with Gasteiger partial charge < -0.3 is 14.4 Å². The number of unbranched alkanes of at least 4 members (excludes halogenated alkanes) is 1. The van der Waals surface area contributed by atoms with E-state index >= 15 is 0 Å². The Morgan fingerprint density at radius 3 is 2.57 bits per heavy atom. The topological polar surface area (TPSA) is 79.6 Å². The van der Waals surface area contributed by atoms with Crippen molar-refractivity contribution in [2.75, 3.05) is 24.7 Å². The number of thioether (sulfide) groups is 1. The molecule has 0 aliphatic carbocycles. The number of fused-ring (bicyclic) bond motifs is 1. The van der Waals surface area contributed by atoms with Gasteiger partial charge in [0.2, 0.25) is 0 Å². The van der Waals surface area contributed by atoms with Gasteiger partial charge in [-0.05, 0) is 31.5 Å². The first kappa shape index (κ1) is 21.9. The first-order valence-electron chi connectivity index (χ1n) is 8.78. The normalized spacial score (nSPS) is 14.1. The maximum Gasteiger partial charge on any atom is 0.351 e. The first-order chi connectivity index (χ1) is 13.4.